The molecule has 1 aromatic carbocycles. The number of hydrogen-bond acceptors (Lipinski definition) is 14. The second-order valence-corrected chi connectivity index (χ2v) is 18.8. The monoisotopic (exact) mass is 872 g/mol. The van der Waals surface area contributed by atoms with Gasteiger partial charge in [-0.05, 0) is 31.6 Å². The van der Waals surface area contributed by atoms with E-state index in [1.165, 1.54) is 52.0 Å². The molecular formula is C34H30Cl6O14. The first-order valence-corrected chi connectivity index (χ1v) is 18.4. The molecule has 6 rings (SSSR count). The third-order valence-corrected chi connectivity index (χ3v) is 12.0. The molecule has 0 unspecified atom stereocenters. The molecule has 20 heteroatoms. The van der Waals surface area contributed by atoms with Gasteiger partial charge in [0.05, 0.1) is 23.5 Å². The number of carbonyl (C=O) groups is 7. The van der Waals surface area contributed by atoms with E-state index in [-0.39, 0.29) is 16.7 Å². The van der Waals surface area contributed by atoms with Gasteiger partial charge >= 0.3 is 30.0 Å². The van der Waals surface area contributed by atoms with Crippen molar-refractivity contribution in [3.05, 3.63) is 47.0 Å². The molecule has 1 aromatic rings. The maximum Gasteiger partial charge on any atom is 0.510 e. The standard InChI is InChI=1S/C34H30Cl6O14/c1-13-18-20(50-27(46)34(38,39)40)22(43)30(5)16(49-26(45)33(35,36)37)11-17-31(12-48-17,53-14(2)41)21(30)24(51-25(44)15-9-7-6-8-10-15)32(29(18,3)4)23(19(13)42)52-28(47)54-32/h6-10,16-17,20-21,23-24H,11-12H2,1-5H3/t16-,17+,20+,21-,23-,24-,30+,31-,32+/m0/s1. The Bertz CT molecular complexity index is 1890. The molecule has 5 aliphatic rings. The quantitative estimate of drug-likeness (QED) is 0.211. The number of carbonyl (C=O) groups excluding carboxylic acids is 7. The van der Waals surface area contributed by atoms with Crippen LogP contribution in [0.4, 0.5) is 4.79 Å². The highest BCUT2D eigenvalue weighted by Gasteiger charge is 2.83. The predicted octanol–water partition coefficient (Wildman–Crippen LogP) is 5.29. The molecule has 54 heavy (non-hydrogen) atoms. The van der Waals surface area contributed by atoms with E-state index in [1.807, 2.05) is 0 Å². The summed E-state index contributed by atoms with van der Waals surface area (Å²) in [4.78, 5) is 97.4. The Morgan fingerprint density at radius 1 is 0.870 bits per heavy atom. The third-order valence-electron chi connectivity index (χ3n) is 11.1. The van der Waals surface area contributed by atoms with Gasteiger partial charge in [-0.15, -0.1) is 0 Å². The van der Waals surface area contributed by atoms with Crippen LogP contribution in [0.1, 0.15) is 51.4 Å². The summed E-state index contributed by atoms with van der Waals surface area (Å²) in [5.74, 6) is -8.82. The molecule has 2 heterocycles. The highest BCUT2D eigenvalue weighted by atomic mass is 35.6. The first-order valence-electron chi connectivity index (χ1n) is 16.2. The van der Waals surface area contributed by atoms with Crippen LogP contribution in [-0.2, 0) is 57.1 Å². The van der Waals surface area contributed by atoms with Crippen molar-refractivity contribution in [2.45, 2.75) is 90.3 Å². The average Bonchev–Trinajstić information content (AvgIpc) is 3.43. The van der Waals surface area contributed by atoms with Crippen LogP contribution >= 0.6 is 69.6 Å². The number of halogens is 6. The Balaban J connectivity index is 1.75. The van der Waals surface area contributed by atoms with Crippen molar-refractivity contribution >= 4 is 111 Å². The smallest absolute Gasteiger partial charge is 0.458 e. The summed E-state index contributed by atoms with van der Waals surface area (Å²) in [7, 11) is 0. The lowest BCUT2D eigenvalue weighted by atomic mass is 9.44. The molecule has 2 saturated heterocycles. The molecule has 2 aliphatic heterocycles. The van der Waals surface area contributed by atoms with E-state index < -0.39 is 121 Å². The minimum Gasteiger partial charge on any atom is -0.458 e. The number of benzene rings is 1. The van der Waals surface area contributed by atoms with Gasteiger partial charge in [-0.2, -0.15) is 0 Å². The van der Waals surface area contributed by atoms with Gasteiger partial charge < -0.3 is 33.2 Å². The second-order valence-electron chi connectivity index (χ2n) is 14.2. The van der Waals surface area contributed by atoms with E-state index in [9.17, 15) is 28.8 Å². The molecule has 9 atom stereocenters. The SMILES string of the molecule is CC(=O)O[C@@]12CO[C@@H]1C[C@H](OC(=O)C(Cl)(Cl)Cl)[C@@]1(C)C(=O)[C@H](OC(=O)C(Cl)(Cl)Cl)C3=C(C)C(=O)[C@@H]4OC(=O)O[C@]4([C@@H](OC(=O)c4ccccc4)[C@H]21)C3(C)C. The Morgan fingerprint density at radius 3 is 2.00 bits per heavy atom. The van der Waals surface area contributed by atoms with Crippen molar-refractivity contribution < 1.29 is 66.7 Å². The number of ketones is 2. The van der Waals surface area contributed by atoms with Crippen molar-refractivity contribution in [3.63, 3.8) is 0 Å². The zero-order valence-electron chi connectivity index (χ0n) is 28.7. The average molecular weight is 875 g/mol. The molecule has 0 aromatic heterocycles. The molecule has 0 radical (unpaired) electrons. The number of ether oxygens (including phenoxy) is 7. The van der Waals surface area contributed by atoms with Crippen molar-refractivity contribution in [2.75, 3.05) is 6.61 Å². The lowest BCUT2D eigenvalue weighted by molar-refractivity contribution is -0.344. The first-order chi connectivity index (χ1) is 24.9. The van der Waals surface area contributed by atoms with E-state index in [0.717, 1.165) is 6.92 Å². The van der Waals surface area contributed by atoms with E-state index in [2.05, 4.69) is 0 Å². The molecule has 2 saturated carbocycles. The lowest BCUT2D eigenvalue weighted by Gasteiger charge is -2.67. The minimum absolute atomic E-state index is 0.0231. The van der Waals surface area contributed by atoms with Crippen molar-refractivity contribution in [3.8, 4) is 0 Å². The minimum atomic E-state index is -2.78. The highest BCUT2D eigenvalue weighted by molar-refractivity contribution is 6.76. The molecule has 292 valence electrons. The molecule has 4 fully saturated rings. The Labute approximate surface area is 337 Å². The summed E-state index contributed by atoms with van der Waals surface area (Å²) in [5.41, 5.74) is -9.17. The van der Waals surface area contributed by atoms with E-state index in [4.69, 9.17) is 103 Å². The van der Waals surface area contributed by atoms with Crippen molar-refractivity contribution in [1.29, 1.82) is 0 Å². The van der Waals surface area contributed by atoms with Gasteiger partial charge in [0.15, 0.2) is 23.6 Å². The van der Waals surface area contributed by atoms with Gasteiger partial charge in [0, 0.05) is 24.3 Å². The molecule has 3 aliphatic carbocycles. The fourth-order valence-corrected chi connectivity index (χ4v) is 9.07. The van der Waals surface area contributed by atoms with Gasteiger partial charge in [0.25, 0.3) is 7.59 Å². The van der Waals surface area contributed by atoms with Gasteiger partial charge in [-0.1, -0.05) is 102 Å². The molecule has 2 bridgehead atoms. The van der Waals surface area contributed by atoms with Crippen molar-refractivity contribution in [1.82, 2.24) is 0 Å². The first kappa shape index (κ1) is 40.8. The predicted molar refractivity (Wildman–Crippen MR) is 187 cm³/mol. The summed E-state index contributed by atoms with van der Waals surface area (Å²) >= 11 is 35.5. The summed E-state index contributed by atoms with van der Waals surface area (Å²) in [6.45, 7) is 5.99. The molecular weight excluding hydrogens is 845 g/mol. The Morgan fingerprint density at radius 2 is 1.46 bits per heavy atom. The number of hydrogen-bond donors (Lipinski definition) is 0. The number of Topliss-reactive ketones (excluding diaryl/α,β-unsaturated/α-hetero) is 2. The Hall–Kier alpha value is -2.85. The summed E-state index contributed by atoms with van der Waals surface area (Å²) in [6, 6.07) is 7.51. The van der Waals surface area contributed by atoms with Crippen LogP contribution in [0.3, 0.4) is 0 Å². The largest absolute Gasteiger partial charge is 0.510 e. The second kappa shape index (κ2) is 13.4. The van der Waals surface area contributed by atoms with E-state index in [0.29, 0.717) is 0 Å². The molecule has 0 N–H and O–H groups in total. The van der Waals surface area contributed by atoms with Crippen LogP contribution in [0.25, 0.3) is 0 Å². The number of rotatable bonds is 5. The normalized spacial score (nSPS) is 35.4. The summed E-state index contributed by atoms with van der Waals surface area (Å²) in [6.07, 6.45) is -10.8. The molecule has 1 spiro atoms. The highest BCUT2D eigenvalue weighted by Crippen LogP contribution is 2.66. The third kappa shape index (κ3) is 5.97. The molecule has 0 amide bonds. The van der Waals surface area contributed by atoms with Crippen LogP contribution < -0.4 is 0 Å². The van der Waals surface area contributed by atoms with Gasteiger partial charge in [0.2, 0.25) is 17.5 Å². The van der Waals surface area contributed by atoms with Crippen LogP contribution in [0.5, 0.6) is 0 Å². The van der Waals surface area contributed by atoms with Crippen LogP contribution in [0, 0.1) is 16.7 Å². The number of fused-ring (bicyclic) bond motifs is 4. The Kier molecular flexibility index (Phi) is 10.1. The van der Waals surface area contributed by atoms with Gasteiger partial charge in [-0.25, -0.2) is 19.2 Å². The van der Waals surface area contributed by atoms with E-state index >= 15 is 4.79 Å². The summed E-state index contributed by atoms with van der Waals surface area (Å²) < 4.78 is 35.8. The van der Waals surface area contributed by atoms with E-state index in [1.54, 1.807) is 6.07 Å². The fraction of sp³-hybridized carbons (Fsp3) is 0.559. The maximum atomic E-state index is 15.7. The molecule has 14 nitrogen and oxygen atoms in total. The van der Waals surface area contributed by atoms with Gasteiger partial charge in [0.1, 0.15) is 12.2 Å². The lowest BCUT2D eigenvalue weighted by Crippen LogP contribution is -2.83. The van der Waals surface area contributed by atoms with Crippen LogP contribution in [0.2, 0.25) is 0 Å². The fourth-order valence-electron chi connectivity index (χ4n) is 8.80. The van der Waals surface area contributed by atoms with Crippen molar-refractivity contribution in [2.24, 2.45) is 16.7 Å². The zero-order valence-corrected chi connectivity index (χ0v) is 33.3. The number of alkyl halides is 6. The van der Waals surface area contributed by atoms with Crippen LogP contribution in [0.15, 0.2) is 41.5 Å². The summed E-state index contributed by atoms with van der Waals surface area (Å²) in [5, 5.41) is 0. The topological polar surface area (TPSA) is 184 Å². The van der Waals surface area contributed by atoms with Crippen LogP contribution in [-0.4, -0.2) is 97.5 Å². The van der Waals surface area contributed by atoms with Gasteiger partial charge in [-0.3, -0.25) is 14.4 Å². The number of esters is 4. The zero-order chi connectivity index (χ0) is 40.1. The maximum absolute atomic E-state index is 15.7.